The molecule has 0 amide bonds. The number of thiazole rings is 1. The molecule has 0 spiro atoms. The Bertz CT molecular complexity index is 453. The minimum atomic E-state index is 0.787. The Balaban J connectivity index is 1.99. The van der Waals surface area contributed by atoms with Crippen molar-refractivity contribution in [3.05, 3.63) is 44.8 Å². The molecule has 0 atom stereocenters. The van der Waals surface area contributed by atoms with Gasteiger partial charge in [0.25, 0.3) is 0 Å². The Morgan fingerprint density at radius 3 is 3.00 bits per heavy atom. The third kappa shape index (κ3) is 3.04. The molecule has 1 N–H and O–H groups in total. The quantitative estimate of drug-likeness (QED) is 0.926. The Kier molecular flexibility index (Phi) is 3.38. The van der Waals surface area contributed by atoms with Crippen LogP contribution < -0.4 is 5.32 Å². The first-order valence-corrected chi connectivity index (χ1v) is 6.32. The topological polar surface area (TPSA) is 24.9 Å². The number of hydrogen-bond acceptors (Lipinski definition) is 3. The summed E-state index contributed by atoms with van der Waals surface area (Å²) in [6.07, 6.45) is 0. The summed E-state index contributed by atoms with van der Waals surface area (Å²) >= 11 is 5.13. The summed E-state index contributed by atoms with van der Waals surface area (Å²) in [4.78, 5) is 4.39. The summed E-state index contributed by atoms with van der Waals surface area (Å²) in [7, 11) is 0. The van der Waals surface area contributed by atoms with Gasteiger partial charge in [0.15, 0.2) is 0 Å². The number of nitrogens with zero attached hydrogens (tertiary/aromatic N) is 1. The fourth-order valence-electron chi connectivity index (χ4n) is 1.26. The van der Waals surface area contributed by atoms with Crippen LogP contribution in [0, 0.1) is 6.92 Å². The number of nitrogens with one attached hydrogen (secondary N) is 1. The van der Waals surface area contributed by atoms with Crippen molar-refractivity contribution in [1.29, 1.82) is 0 Å². The number of anilines is 1. The van der Waals surface area contributed by atoms with Crippen molar-refractivity contribution in [3.63, 3.8) is 0 Å². The van der Waals surface area contributed by atoms with Crippen molar-refractivity contribution in [2.75, 3.05) is 5.32 Å². The summed E-state index contributed by atoms with van der Waals surface area (Å²) in [5.41, 5.74) is 2.20. The molecular formula is C11H11BrN2S. The van der Waals surface area contributed by atoms with Gasteiger partial charge >= 0.3 is 0 Å². The predicted molar refractivity (Wildman–Crippen MR) is 68.3 cm³/mol. The van der Waals surface area contributed by atoms with E-state index >= 15 is 0 Å². The first kappa shape index (κ1) is 10.6. The molecule has 1 aromatic carbocycles. The highest BCUT2D eigenvalue weighted by Crippen LogP contribution is 2.17. The third-order valence-electron chi connectivity index (χ3n) is 1.93. The van der Waals surface area contributed by atoms with Gasteiger partial charge in [-0.2, -0.15) is 0 Å². The number of halogens is 1. The smallest absolute Gasteiger partial charge is 0.112 e. The molecular weight excluding hydrogens is 272 g/mol. The minimum Gasteiger partial charge on any atom is -0.378 e. The van der Waals surface area contributed by atoms with Gasteiger partial charge in [0.2, 0.25) is 0 Å². The number of benzene rings is 1. The summed E-state index contributed by atoms with van der Waals surface area (Å²) in [6.45, 7) is 2.80. The van der Waals surface area contributed by atoms with E-state index < -0.39 is 0 Å². The van der Waals surface area contributed by atoms with Crippen molar-refractivity contribution in [2.24, 2.45) is 0 Å². The molecule has 0 saturated carbocycles. The highest BCUT2D eigenvalue weighted by Gasteiger charge is 1.98. The van der Waals surface area contributed by atoms with Gasteiger partial charge in [0, 0.05) is 21.2 Å². The van der Waals surface area contributed by atoms with Gasteiger partial charge in [-0.25, -0.2) is 4.98 Å². The lowest BCUT2D eigenvalue weighted by Crippen LogP contribution is -1.98. The van der Waals surface area contributed by atoms with E-state index in [9.17, 15) is 0 Å². The van der Waals surface area contributed by atoms with E-state index in [0.29, 0.717) is 0 Å². The zero-order valence-electron chi connectivity index (χ0n) is 8.33. The zero-order valence-corrected chi connectivity index (χ0v) is 10.7. The van der Waals surface area contributed by atoms with Crippen molar-refractivity contribution in [3.8, 4) is 0 Å². The molecule has 2 aromatic rings. The first-order chi connectivity index (χ1) is 7.24. The van der Waals surface area contributed by atoms with E-state index in [0.717, 1.165) is 27.4 Å². The highest BCUT2D eigenvalue weighted by molar-refractivity contribution is 9.10. The molecule has 15 heavy (non-hydrogen) atoms. The Morgan fingerprint density at radius 1 is 1.47 bits per heavy atom. The molecule has 0 aliphatic heterocycles. The number of hydrogen-bond donors (Lipinski definition) is 1. The molecule has 78 valence electrons. The van der Waals surface area contributed by atoms with Crippen LogP contribution in [0.5, 0.6) is 0 Å². The molecule has 0 unspecified atom stereocenters. The standard InChI is InChI=1S/C11H11BrN2S/c1-8-7-15-11(14-8)6-13-10-4-2-3-9(12)5-10/h2-5,7,13H,6H2,1H3. The maximum absolute atomic E-state index is 4.39. The van der Waals surface area contributed by atoms with E-state index in [4.69, 9.17) is 0 Å². The van der Waals surface area contributed by atoms with E-state index in [2.05, 4.69) is 37.7 Å². The van der Waals surface area contributed by atoms with Crippen molar-refractivity contribution in [1.82, 2.24) is 4.98 Å². The van der Waals surface area contributed by atoms with Crippen LogP contribution in [-0.4, -0.2) is 4.98 Å². The Hall–Kier alpha value is -0.870. The lowest BCUT2D eigenvalue weighted by atomic mass is 10.3. The van der Waals surface area contributed by atoms with E-state index in [1.54, 1.807) is 11.3 Å². The molecule has 0 aliphatic rings. The number of rotatable bonds is 3. The van der Waals surface area contributed by atoms with Crippen LogP contribution in [0.3, 0.4) is 0 Å². The normalized spacial score (nSPS) is 10.3. The van der Waals surface area contributed by atoms with Gasteiger partial charge in [0.05, 0.1) is 6.54 Å². The largest absolute Gasteiger partial charge is 0.378 e. The van der Waals surface area contributed by atoms with Gasteiger partial charge in [-0.15, -0.1) is 11.3 Å². The average molecular weight is 283 g/mol. The molecule has 0 fully saturated rings. The van der Waals surface area contributed by atoms with E-state index in [-0.39, 0.29) is 0 Å². The molecule has 0 aliphatic carbocycles. The van der Waals surface area contributed by atoms with E-state index in [1.807, 2.05) is 25.1 Å². The van der Waals surface area contributed by atoms with Crippen LogP contribution in [-0.2, 0) is 6.54 Å². The van der Waals surface area contributed by atoms with Crippen LogP contribution in [0.15, 0.2) is 34.1 Å². The highest BCUT2D eigenvalue weighted by atomic mass is 79.9. The first-order valence-electron chi connectivity index (χ1n) is 4.64. The fourth-order valence-corrected chi connectivity index (χ4v) is 2.37. The SMILES string of the molecule is Cc1csc(CNc2cccc(Br)c2)n1. The van der Waals surface area contributed by atoms with Gasteiger partial charge < -0.3 is 5.32 Å². The minimum absolute atomic E-state index is 0.787. The maximum atomic E-state index is 4.39. The fraction of sp³-hybridized carbons (Fsp3) is 0.182. The summed E-state index contributed by atoms with van der Waals surface area (Å²) in [6, 6.07) is 8.13. The maximum Gasteiger partial charge on any atom is 0.112 e. The lowest BCUT2D eigenvalue weighted by Gasteiger charge is -2.03. The molecule has 4 heteroatoms. The van der Waals surface area contributed by atoms with Crippen molar-refractivity contribution < 1.29 is 0 Å². The molecule has 2 rings (SSSR count). The molecule has 1 heterocycles. The monoisotopic (exact) mass is 282 g/mol. The molecule has 0 bridgehead atoms. The number of aromatic nitrogens is 1. The van der Waals surface area contributed by atoms with Crippen molar-refractivity contribution >= 4 is 33.0 Å². The molecule has 1 aromatic heterocycles. The van der Waals surface area contributed by atoms with Crippen LogP contribution >= 0.6 is 27.3 Å². The molecule has 2 nitrogen and oxygen atoms in total. The Morgan fingerprint density at radius 2 is 2.33 bits per heavy atom. The van der Waals surface area contributed by atoms with Gasteiger partial charge in [-0.1, -0.05) is 22.0 Å². The third-order valence-corrected chi connectivity index (χ3v) is 3.39. The van der Waals surface area contributed by atoms with Gasteiger partial charge in [0.1, 0.15) is 5.01 Å². The average Bonchev–Trinajstić information content (AvgIpc) is 2.62. The van der Waals surface area contributed by atoms with E-state index in [1.165, 1.54) is 0 Å². The molecule has 0 radical (unpaired) electrons. The molecule has 0 saturated heterocycles. The van der Waals surface area contributed by atoms with Crippen LogP contribution in [0.2, 0.25) is 0 Å². The van der Waals surface area contributed by atoms with Crippen LogP contribution in [0.25, 0.3) is 0 Å². The van der Waals surface area contributed by atoms with Crippen LogP contribution in [0.1, 0.15) is 10.7 Å². The Labute approximate surface area is 101 Å². The van der Waals surface area contributed by atoms with Crippen LogP contribution in [0.4, 0.5) is 5.69 Å². The van der Waals surface area contributed by atoms with Gasteiger partial charge in [-0.3, -0.25) is 0 Å². The van der Waals surface area contributed by atoms with Crippen molar-refractivity contribution in [2.45, 2.75) is 13.5 Å². The second-order valence-electron chi connectivity index (χ2n) is 3.25. The second kappa shape index (κ2) is 4.77. The second-order valence-corrected chi connectivity index (χ2v) is 5.10. The summed E-state index contributed by atoms with van der Waals surface area (Å²) < 4.78 is 1.09. The number of aryl methyl sites for hydroxylation is 1. The summed E-state index contributed by atoms with van der Waals surface area (Å²) in [5.74, 6) is 0. The zero-order chi connectivity index (χ0) is 10.7. The predicted octanol–water partition coefficient (Wildman–Crippen LogP) is 3.83. The summed E-state index contributed by atoms with van der Waals surface area (Å²) in [5, 5.41) is 6.52. The van der Waals surface area contributed by atoms with Gasteiger partial charge in [-0.05, 0) is 25.1 Å². The lowest BCUT2D eigenvalue weighted by molar-refractivity contribution is 1.08.